The average Bonchev–Trinajstić information content (AvgIpc) is 3.17. The Morgan fingerprint density at radius 2 is 2.12 bits per heavy atom. The van der Waals surface area contributed by atoms with Gasteiger partial charge in [0.15, 0.2) is 6.61 Å². The molecule has 0 radical (unpaired) electrons. The van der Waals surface area contributed by atoms with Crippen molar-refractivity contribution in [2.24, 2.45) is 0 Å². The lowest BCUT2D eigenvalue weighted by Crippen LogP contribution is -2.43. The molecule has 8 heteroatoms. The van der Waals surface area contributed by atoms with Crippen LogP contribution in [0.15, 0.2) is 28.8 Å². The van der Waals surface area contributed by atoms with Crippen LogP contribution < -0.4 is 10.1 Å². The normalized spacial score (nSPS) is 16.2. The van der Waals surface area contributed by atoms with Crippen LogP contribution in [-0.4, -0.2) is 50.0 Å². The van der Waals surface area contributed by atoms with Gasteiger partial charge in [0.2, 0.25) is 11.7 Å². The van der Waals surface area contributed by atoms with E-state index in [2.05, 4.69) is 15.5 Å². The zero-order valence-electron chi connectivity index (χ0n) is 15.0. The first-order valence-electron chi connectivity index (χ1n) is 8.51. The second-order valence-electron chi connectivity index (χ2n) is 6.29. The zero-order valence-corrected chi connectivity index (χ0v) is 15.0. The molecule has 0 unspecified atom stereocenters. The predicted molar refractivity (Wildman–Crippen MR) is 92.1 cm³/mol. The fourth-order valence-electron chi connectivity index (χ4n) is 3.11. The van der Waals surface area contributed by atoms with Crippen molar-refractivity contribution in [3.63, 3.8) is 0 Å². The molecule has 8 nitrogen and oxygen atoms in total. The molecule has 1 aromatic heterocycles. The topological polar surface area (TPSA) is 95.7 Å². The number of aromatic nitrogens is 2. The molecule has 2 heterocycles. The summed E-state index contributed by atoms with van der Waals surface area (Å²) in [6.07, 6.45) is 1.76. The number of nitrogens with one attached hydrogen (secondary N) is 1. The zero-order chi connectivity index (χ0) is 18.4. The summed E-state index contributed by atoms with van der Waals surface area (Å²) in [5.41, 5.74) is 0.170. The number of hydrogen-bond donors (Lipinski definition) is 1. The molecule has 1 fully saturated rings. The van der Waals surface area contributed by atoms with Gasteiger partial charge >= 0.3 is 5.97 Å². The first-order chi connectivity index (χ1) is 12.7. The summed E-state index contributed by atoms with van der Waals surface area (Å²) in [7, 11) is 3.02. The minimum atomic E-state index is -0.412. The number of hydrogen-bond acceptors (Lipinski definition) is 8. The van der Waals surface area contributed by atoms with Gasteiger partial charge in [-0.2, -0.15) is 4.98 Å². The first kappa shape index (κ1) is 18.3. The summed E-state index contributed by atoms with van der Waals surface area (Å²) in [6.45, 7) is 2.46. The highest BCUT2D eigenvalue weighted by molar-refractivity contribution is 5.89. The average molecular weight is 361 g/mol. The number of esters is 1. The molecule has 0 bridgehead atoms. The number of carbonyl (C=O) groups excluding carboxylic acids is 1. The fourth-order valence-corrected chi connectivity index (χ4v) is 3.11. The molecule has 1 N–H and O–H groups in total. The maximum absolute atomic E-state index is 11.6. The molecule has 1 aliphatic rings. The molecule has 2 aromatic rings. The first-order valence-corrected chi connectivity index (χ1v) is 8.51. The van der Waals surface area contributed by atoms with Crippen LogP contribution in [0.5, 0.6) is 5.75 Å². The Morgan fingerprint density at radius 3 is 2.85 bits per heavy atom. The Kier molecular flexibility index (Phi) is 5.85. The van der Waals surface area contributed by atoms with Gasteiger partial charge in [-0.1, -0.05) is 11.2 Å². The van der Waals surface area contributed by atoms with Crippen molar-refractivity contribution in [2.75, 3.05) is 33.9 Å². The molecule has 0 amide bonds. The molecule has 0 aliphatic carbocycles. The van der Waals surface area contributed by atoms with Crippen LogP contribution >= 0.6 is 0 Å². The number of benzene rings is 1. The Hall–Kier alpha value is -2.45. The number of rotatable bonds is 7. The van der Waals surface area contributed by atoms with Crippen molar-refractivity contribution < 1.29 is 23.5 Å². The molecule has 1 saturated heterocycles. The molecule has 1 aromatic carbocycles. The van der Waals surface area contributed by atoms with Crippen LogP contribution in [0.2, 0.25) is 0 Å². The summed E-state index contributed by atoms with van der Waals surface area (Å²) in [4.78, 5) is 16.1. The molecule has 1 aliphatic heterocycles. The standard InChI is InChI=1S/C18H23N3O5/c1-23-12-18(6-8-19-9-7-18)17-20-15(21-26-17)11-25-14-5-3-4-13(10-14)16(22)24-2/h3-5,10,19H,6-9,11-12H2,1-2H3. The smallest absolute Gasteiger partial charge is 0.337 e. The molecule has 0 atom stereocenters. The van der Waals surface area contributed by atoms with Crippen molar-refractivity contribution in [3.05, 3.63) is 41.5 Å². The molecule has 3 rings (SSSR count). The van der Waals surface area contributed by atoms with Gasteiger partial charge in [0, 0.05) is 7.11 Å². The summed E-state index contributed by atoms with van der Waals surface area (Å²) in [6, 6.07) is 6.77. The quantitative estimate of drug-likeness (QED) is 0.745. The molecular formula is C18H23N3O5. The van der Waals surface area contributed by atoms with Crippen molar-refractivity contribution >= 4 is 5.97 Å². The third-order valence-corrected chi connectivity index (χ3v) is 4.53. The van der Waals surface area contributed by atoms with Gasteiger partial charge in [0.05, 0.1) is 24.7 Å². The van der Waals surface area contributed by atoms with Crippen LogP contribution in [0.3, 0.4) is 0 Å². The van der Waals surface area contributed by atoms with Gasteiger partial charge in [-0.05, 0) is 44.1 Å². The highest BCUT2D eigenvalue weighted by Gasteiger charge is 2.39. The predicted octanol–water partition coefficient (Wildman–Crippen LogP) is 1.70. The van der Waals surface area contributed by atoms with E-state index in [9.17, 15) is 4.79 Å². The molecule has 0 saturated carbocycles. The van der Waals surface area contributed by atoms with Crippen LogP contribution in [0.25, 0.3) is 0 Å². The van der Waals surface area contributed by atoms with Crippen LogP contribution in [-0.2, 0) is 21.5 Å². The summed E-state index contributed by atoms with van der Waals surface area (Å²) >= 11 is 0. The van der Waals surface area contributed by atoms with E-state index in [-0.39, 0.29) is 12.0 Å². The van der Waals surface area contributed by atoms with Crippen molar-refractivity contribution in [1.29, 1.82) is 0 Å². The van der Waals surface area contributed by atoms with Gasteiger partial charge in [-0.25, -0.2) is 4.79 Å². The van der Waals surface area contributed by atoms with Gasteiger partial charge < -0.3 is 24.1 Å². The Balaban J connectivity index is 1.68. The highest BCUT2D eigenvalue weighted by Crippen LogP contribution is 2.32. The van der Waals surface area contributed by atoms with E-state index in [0.717, 1.165) is 25.9 Å². The van der Waals surface area contributed by atoms with Crippen molar-refractivity contribution in [2.45, 2.75) is 24.9 Å². The van der Waals surface area contributed by atoms with Crippen molar-refractivity contribution in [3.8, 4) is 5.75 Å². The molecular weight excluding hydrogens is 338 g/mol. The van der Waals surface area contributed by atoms with Gasteiger partial charge in [-0.15, -0.1) is 0 Å². The number of piperidine rings is 1. The second kappa shape index (κ2) is 8.29. The van der Waals surface area contributed by atoms with E-state index in [4.69, 9.17) is 18.7 Å². The fraction of sp³-hybridized carbons (Fsp3) is 0.500. The largest absolute Gasteiger partial charge is 0.485 e. The van der Waals surface area contributed by atoms with Crippen molar-refractivity contribution in [1.82, 2.24) is 15.5 Å². The van der Waals surface area contributed by atoms with E-state index in [1.165, 1.54) is 7.11 Å². The summed E-state index contributed by atoms with van der Waals surface area (Å²) < 4.78 is 21.3. The number of ether oxygens (including phenoxy) is 3. The lowest BCUT2D eigenvalue weighted by atomic mass is 9.79. The summed E-state index contributed by atoms with van der Waals surface area (Å²) in [5, 5.41) is 7.36. The number of methoxy groups -OCH3 is 2. The minimum absolute atomic E-state index is 0.148. The maximum atomic E-state index is 11.6. The lowest BCUT2D eigenvalue weighted by molar-refractivity contribution is 0.0600. The summed E-state index contributed by atoms with van der Waals surface area (Å²) in [5.74, 6) is 1.16. The molecule has 0 spiro atoms. The second-order valence-corrected chi connectivity index (χ2v) is 6.29. The van der Waals surface area contributed by atoms with Gasteiger partial charge in [0.25, 0.3) is 0 Å². The minimum Gasteiger partial charge on any atom is -0.485 e. The Bertz CT molecular complexity index is 734. The van der Waals surface area contributed by atoms with E-state index < -0.39 is 5.97 Å². The van der Waals surface area contributed by atoms with Crippen LogP contribution in [0, 0.1) is 0 Å². The maximum Gasteiger partial charge on any atom is 0.337 e. The lowest BCUT2D eigenvalue weighted by Gasteiger charge is -2.33. The number of nitrogens with zero attached hydrogens (tertiary/aromatic N) is 2. The van der Waals surface area contributed by atoms with Crippen LogP contribution in [0.4, 0.5) is 0 Å². The van der Waals surface area contributed by atoms with E-state index in [1.54, 1.807) is 31.4 Å². The molecule has 140 valence electrons. The third kappa shape index (κ3) is 4.03. The monoisotopic (exact) mass is 361 g/mol. The van der Waals surface area contributed by atoms with Crippen LogP contribution in [0.1, 0.15) is 34.9 Å². The Morgan fingerprint density at radius 1 is 1.31 bits per heavy atom. The van der Waals surface area contributed by atoms with Gasteiger partial charge in [-0.3, -0.25) is 0 Å². The van der Waals surface area contributed by atoms with E-state index >= 15 is 0 Å². The molecule has 26 heavy (non-hydrogen) atoms. The highest BCUT2D eigenvalue weighted by atomic mass is 16.5. The van der Waals surface area contributed by atoms with Gasteiger partial charge in [0.1, 0.15) is 5.75 Å². The third-order valence-electron chi connectivity index (χ3n) is 4.53. The van der Waals surface area contributed by atoms with E-state index in [1.807, 2.05) is 0 Å². The SMILES string of the molecule is COCC1(c2nc(COc3cccc(C(=O)OC)c3)no2)CCNCC1. The Labute approximate surface area is 151 Å². The van der Waals surface area contributed by atoms with E-state index in [0.29, 0.717) is 29.6 Å². The number of carbonyl (C=O) groups is 1.